The van der Waals surface area contributed by atoms with E-state index >= 15 is 0 Å². The van der Waals surface area contributed by atoms with Gasteiger partial charge in [0.1, 0.15) is 0 Å². The van der Waals surface area contributed by atoms with Gasteiger partial charge in [-0.25, -0.2) is 0 Å². The van der Waals surface area contributed by atoms with Gasteiger partial charge in [0.05, 0.1) is 9.72 Å². The van der Waals surface area contributed by atoms with Gasteiger partial charge in [-0.1, -0.05) is 23.2 Å². The van der Waals surface area contributed by atoms with Gasteiger partial charge in [-0.3, -0.25) is 0 Å². The Morgan fingerprint density at radius 1 is 1.21 bits per heavy atom. The normalized spacial score (nSPS) is 11.1. The molecule has 0 aliphatic heterocycles. The molecule has 0 aliphatic rings. The van der Waals surface area contributed by atoms with Crippen molar-refractivity contribution in [1.29, 1.82) is 0 Å². The van der Waals surface area contributed by atoms with E-state index in [2.05, 4.69) is 5.38 Å². The van der Waals surface area contributed by atoms with E-state index in [4.69, 9.17) is 28.9 Å². The van der Waals surface area contributed by atoms with Crippen molar-refractivity contribution in [3.8, 4) is 0 Å². The lowest BCUT2D eigenvalue weighted by molar-refractivity contribution is 0.981. The van der Waals surface area contributed by atoms with Crippen LogP contribution >= 0.6 is 34.5 Å². The van der Waals surface area contributed by atoms with E-state index in [9.17, 15) is 0 Å². The maximum Gasteiger partial charge on any atom is 0.0585 e. The first-order chi connectivity index (χ1) is 6.74. The van der Waals surface area contributed by atoms with Crippen LogP contribution in [-0.2, 0) is 6.42 Å². The van der Waals surface area contributed by atoms with E-state index < -0.39 is 0 Å². The molecule has 2 aromatic rings. The van der Waals surface area contributed by atoms with E-state index in [0.717, 1.165) is 26.6 Å². The van der Waals surface area contributed by atoms with Crippen LogP contribution in [0.5, 0.6) is 0 Å². The number of thiophene rings is 1. The van der Waals surface area contributed by atoms with Crippen molar-refractivity contribution < 1.29 is 0 Å². The lowest BCUT2D eigenvalue weighted by atomic mass is 10.1. The molecule has 0 unspecified atom stereocenters. The first-order valence-corrected chi connectivity index (χ1v) is 5.91. The molecule has 0 amide bonds. The summed E-state index contributed by atoms with van der Waals surface area (Å²) < 4.78 is 1.06. The van der Waals surface area contributed by atoms with Gasteiger partial charge in [0.15, 0.2) is 0 Å². The van der Waals surface area contributed by atoms with Crippen molar-refractivity contribution in [3.63, 3.8) is 0 Å². The Hall–Kier alpha value is -0.280. The highest BCUT2D eigenvalue weighted by atomic mass is 35.5. The molecular weight excluding hydrogens is 237 g/mol. The lowest BCUT2D eigenvalue weighted by Gasteiger charge is -2.00. The third-order valence-corrected chi connectivity index (χ3v) is 3.92. The molecule has 0 atom stereocenters. The van der Waals surface area contributed by atoms with Gasteiger partial charge in [-0.15, -0.1) is 11.3 Å². The second-order valence-corrected chi connectivity index (χ2v) is 4.73. The SMILES string of the molecule is NCCc1csc2c(Cl)ccc(Cl)c12. The van der Waals surface area contributed by atoms with Crippen LogP contribution in [-0.4, -0.2) is 6.54 Å². The summed E-state index contributed by atoms with van der Waals surface area (Å²) in [5, 5.41) is 4.66. The fourth-order valence-corrected chi connectivity index (χ4v) is 3.14. The molecule has 1 heterocycles. The highest BCUT2D eigenvalue weighted by Gasteiger charge is 2.09. The second kappa shape index (κ2) is 4.07. The van der Waals surface area contributed by atoms with E-state index in [1.54, 1.807) is 11.3 Å². The van der Waals surface area contributed by atoms with Crippen LogP contribution in [0, 0.1) is 0 Å². The third kappa shape index (κ3) is 1.63. The molecule has 14 heavy (non-hydrogen) atoms. The van der Waals surface area contributed by atoms with Crippen LogP contribution < -0.4 is 5.73 Å². The first kappa shape index (κ1) is 10.2. The van der Waals surface area contributed by atoms with Crippen molar-refractivity contribution in [2.45, 2.75) is 6.42 Å². The van der Waals surface area contributed by atoms with Gasteiger partial charge in [0, 0.05) is 10.4 Å². The summed E-state index contributed by atoms with van der Waals surface area (Å²) in [5.74, 6) is 0. The molecule has 0 saturated carbocycles. The Bertz CT molecular complexity index is 464. The minimum Gasteiger partial charge on any atom is -0.330 e. The smallest absolute Gasteiger partial charge is 0.0585 e. The molecule has 2 N–H and O–H groups in total. The molecule has 0 fully saturated rings. The third-order valence-electron chi connectivity index (χ3n) is 2.11. The number of halogens is 2. The zero-order valence-corrected chi connectivity index (χ0v) is 9.72. The van der Waals surface area contributed by atoms with Gasteiger partial charge in [-0.05, 0) is 36.0 Å². The molecule has 0 saturated heterocycles. The lowest BCUT2D eigenvalue weighted by Crippen LogP contribution is -2.01. The van der Waals surface area contributed by atoms with Gasteiger partial charge >= 0.3 is 0 Å². The number of nitrogens with two attached hydrogens (primary N) is 1. The summed E-state index contributed by atoms with van der Waals surface area (Å²) in [6.45, 7) is 0.634. The topological polar surface area (TPSA) is 26.0 Å². The van der Waals surface area contributed by atoms with Crippen LogP contribution in [0.25, 0.3) is 10.1 Å². The molecular formula is C10H9Cl2NS. The molecule has 0 bridgehead atoms. The van der Waals surface area contributed by atoms with E-state index in [0.29, 0.717) is 6.54 Å². The summed E-state index contributed by atoms with van der Waals surface area (Å²) >= 11 is 13.8. The van der Waals surface area contributed by atoms with Crippen molar-refractivity contribution >= 4 is 44.6 Å². The van der Waals surface area contributed by atoms with Crippen LogP contribution in [0.2, 0.25) is 10.0 Å². The zero-order chi connectivity index (χ0) is 10.1. The summed E-state index contributed by atoms with van der Waals surface area (Å²) in [5.41, 5.74) is 6.72. The monoisotopic (exact) mass is 245 g/mol. The summed E-state index contributed by atoms with van der Waals surface area (Å²) in [7, 11) is 0. The quantitative estimate of drug-likeness (QED) is 0.858. The molecule has 0 radical (unpaired) electrons. The molecule has 1 nitrogen and oxygen atoms in total. The minimum atomic E-state index is 0.634. The number of rotatable bonds is 2. The highest BCUT2D eigenvalue weighted by Crippen LogP contribution is 2.36. The molecule has 74 valence electrons. The molecule has 1 aromatic heterocycles. The minimum absolute atomic E-state index is 0.634. The molecule has 0 spiro atoms. The highest BCUT2D eigenvalue weighted by molar-refractivity contribution is 7.18. The largest absolute Gasteiger partial charge is 0.330 e. The average molecular weight is 246 g/mol. The van der Waals surface area contributed by atoms with Crippen molar-refractivity contribution in [3.05, 3.63) is 33.1 Å². The van der Waals surface area contributed by atoms with E-state index in [1.807, 2.05) is 12.1 Å². The first-order valence-electron chi connectivity index (χ1n) is 4.28. The van der Waals surface area contributed by atoms with Gasteiger partial charge in [0.2, 0.25) is 0 Å². The molecule has 0 aliphatic carbocycles. The standard InChI is InChI=1S/C10H9Cl2NS/c11-7-1-2-8(12)10-9(7)6(3-4-13)5-14-10/h1-2,5H,3-4,13H2. The average Bonchev–Trinajstić information content (AvgIpc) is 2.58. The van der Waals surface area contributed by atoms with Gasteiger partial charge in [-0.2, -0.15) is 0 Å². The zero-order valence-electron chi connectivity index (χ0n) is 7.39. The fraction of sp³-hybridized carbons (Fsp3) is 0.200. The van der Waals surface area contributed by atoms with E-state index in [-0.39, 0.29) is 0 Å². The van der Waals surface area contributed by atoms with Crippen LogP contribution in [0.15, 0.2) is 17.5 Å². The molecule has 4 heteroatoms. The van der Waals surface area contributed by atoms with Crippen LogP contribution in [0.1, 0.15) is 5.56 Å². The summed E-state index contributed by atoms with van der Waals surface area (Å²) in [4.78, 5) is 0. The second-order valence-electron chi connectivity index (χ2n) is 3.03. The van der Waals surface area contributed by atoms with Crippen molar-refractivity contribution in [1.82, 2.24) is 0 Å². The summed E-state index contributed by atoms with van der Waals surface area (Å²) in [6.07, 6.45) is 0.847. The number of benzene rings is 1. The Balaban J connectivity index is 2.70. The predicted octanol–water partition coefficient (Wildman–Crippen LogP) is 3.71. The van der Waals surface area contributed by atoms with Gasteiger partial charge < -0.3 is 5.73 Å². The number of fused-ring (bicyclic) bond motifs is 1. The van der Waals surface area contributed by atoms with Gasteiger partial charge in [0.25, 0.3) is 0 Å². The van der Waals surface area contributed by atoms with Crippen LogP contribution in [0.4, 0.5) is 0 Å². The number of hydrogen-bond acceptors (Lipinski definition) is 2. The predicted molar refractivity (Wildman–Crippen MR) is 64.6 cm³/mol. The maximum absolute atomic E-state index is 6.12. The Labute approximate surface area is 96.4 Å². The Morgan fingerprint density at radius 3 is 2.64 bits per heavy atom. The maximum atomic E-state index is 6.12. The van der Waals surface area contributed by atoms with Crippen molar-refractivity contribution in [2.75, 3.05) is 6.54 Å². The van der Waals surface area contributed by atoms with Crippen LogP contribution in [0.3, 0.4) is 0 Å². The Kier molecular flexibility index (Phi) is 2.98. The summed E-state index contributed by atoms with van der Waals surface area (Å²) in [6, 6.07) is 3.66. The molecule has 1 aromatic carbocycles. The molecule has 2 rings (SSSR count). The fourth-order valence-electron chi connectivity index (χ4n) is 1.48. The number of hydrogen-bond donors (Lipinski definition) is 1. The van der Waals surface area contributed by atoms with Crippen molar-refractivity contribution in [2.24, 2.45) is 5.73 Å². The van der Waals surface area contributed by atoms with E-state index in [1.165, 1.54) is 5.56 Å². The Morgan fingerprint density at radius 2 is 1.93 bits per heavy atom.